The lowest BCUT2D eigenvalue weighted by Crippen LogP contribution is -2.42. The highest BCUT2D eigenvalue weighted by atomic mass is 32.2. The van der Waals surface area contributed by atoms with E-state index in [1.807, 2.05) is 25.1 Å². The molecule has 26 heavy (non-hydrogen) atoms. The number of para-hydroxylation sites is 1. The van der Waals surface area contributed by atoms with E-state index >= 15 is 0 Å². The van der Waals surface area contributed by atoms with E-state index in [1.54, 1.807) is 0 Å². The number of nitrogens with zero attached hydrogens (tertiary/aromatic N) is 1. The highest BCUT2D eigenvalue weighted by Gasteiger charge is 2.28. The van der Waals surface area contributed by atoms with Crippen molar-refractivity contribution < 1.29 is 13.2 Å². The number of aryl methyl sites for hydroxylation is 1. The molecule has 0 radical (unpaired) electrons. The van der Waals surface area contributed by atoms with Gasteiger partial charge in [-0.2, -0.15) is 4.31 Å². The zero-order valence-corrected chi connectivity index (χ0v) is 17.2. The Labute approximate surface area is 158 Å². The van der Waals surface area contributed by atoms with E-state index in [-0.39, 0.29) is 24.9 Å². The topological polar surface area (TPSA) is 66.5 Å². The zero-order chi connectivity index (χ0) is 19.3. The first-order chi connectivity index (χ1) is 12.2. The molecule has 1 aliphatic carbocycles. The Morgan fingerprint density at radius 3 is 2.46 bits per heavy atom. The minimum atomic E-state index is -3.31. The minimum absolute atomic E-state index is 0.0382. The molecule has 1 fully saturated rings. The second-order valence-corrected chi connectivity index (χ2v) is 9.59. The smallest absolute Gasteiger partial charge is 0.225 e. The van der Waals surface area contributed by atoms with Crippen LogP contribution in [0.25, 0.3) is 0 Å². The molecule has 1 aliphatic rings. The van der Waals surface area contributed by atoms with E-state index in [0.29, 0.717) is 5.92 Å². The van der Waals surface area contributed by atoms with Crippen LogP contribution < -0.4 is 5.32 Å². The number of amides is 1. The Balaban J connectivity index is 2.05. The van der Waals surface area contributed by atoms with Crippen LogP contribution in [-0.2, 0) is 14.8 Å². The summed E-state index contributed by atoms with van der Waals surface area (Å²) in [5.41, 5.74) is 2.98. The number of rotatable bonds is 7. The maximum Gasteiger partial charge on any atom is 0.225 e. The average Bonchev–Trinajstić information content (AvgIpc) is 2.56. The second kappa shape index (κ2) is 9.00. The molecule has 1 aromatic carbocycles. The van der Waals surface area contributed by atoms with Crippen LogP contribution >= 0.6 is 0 Å². The molecule has 2 rings (SSSR count). The molecule has 0 aromatic heterocycles. The molecule has 6 heteroatoms. The predicted molar refractivity (Wildman–Crippen MR) is 107 cm³/mol. The summed E-state index contributed by atoms with van der Waals surface area (Å²) >= 11 is 0. The molecule has 5 nitrogen and oxygen atoms in total. The highest BCUT2D eigenvalue weighted by Crippen LogP contribution is 2.28. The number of hydrogen-bond donors (Lipinski definition) is 1. The molecule has 0 bridgehead atoms. The number of hydrogen-bond acceptors (Lipinski definition) is 3. The molecular formula is C20H32N2O3S. The molecule has 0 unspecified atom stereocenters. The lowest BCUT2D eigenvalue weighted by atomic mass is 9.95. The molecule has 146 valence electrons. The van der Waals surface area contributed by atoms with Gasteiger partial charge in [0.2, 0.25) is 15.9 Å². The quantitative estimate of drug-likeness (QED) is 0.776. The third-order valence-corrected chi connectivity index (χ3v) is 6.49. The van der Waals surface area contributed by atoms with E-state index in [0.717, 1.165) is 42.5 Å². The largest absolute Gasteiger partial charge is 0.326 e. The Hall–Kier alpha value is -1.40. The molecule has 0 saturated heterocycles. The van der Waals surface area contributed by atoms with Gasteiger partial charge >= 0.3 is 0 Å². The summed E-state index contributed by atoms with van der Waals surface area (Å²) in [6.45, 7) is 6.42. The van der Waals surface area contributed by atoms with Gasteiger partial charge in [-0.05, 0) is 36.8 Å². The Kier molecular flexibility index (Phi) is 7.24. The van der Waals surface area contributed by atoms with Crippen LogP contribution in [0.15, 0.2) is 18.2 Å². The van der Waals surface area contributed by atoms with Crippen LogP contribution in [0.3, 0.4) is 0 Å². The third kappa shape index (κ3) is 5.55. The Morgan fingerprint density at radius 1 is 1.23 bits per heavy atom. The molecule has 0 atom stereocenters. The molecule has 1 saturated carbocycles. The van der Waals surface area contributed by atoms with Gasteiger partial charge in [-0.15, -0.1) is 0 Å². The van der Waals surface area contributed by atoms with Crippen LogP contribution in [0.2, 0.25) is 0 Å². The fourth-order valence-electron chi connectivity index (χ4n) is 3.74. The van der Waals surface area contributed by atoms with E-state index < -0.39 is 10.0 Å². The number of benzene rings is 1. The maximum absolute atomic E-state index is 12.5. The van der Waals surface area contributed by atoms with Crippen molar-refractivity contribution in [2.24, 2.45) is 0 Å². The highest BCUT2D eigenvalue weighted by molar-refractivity contribution is 7.88. The van der Waals surface area contributed by atoms with Crippen molar-refractivity contribution in [1.29, 1.82) is 0 Å². The molecule has 1 amide bonds. The normalized spacial score (nSPS) is 16.2. The summed E-state index contributed by atoms with van der Waals surface area (Å²) in [5.74, 6) is 0.172. The van der Waals surface area contributed by atoms with E-state index in [4.69, 9.17) is 0 Å². The summed E-state index contributed by atoms with van der Waals surface area (Å²) in [5, 5.41) is 3.01. The molecular weight excluding hydrogens is 348 g/mol. The van der Waals surface area contributed by atoms with Crippen LogP contribution in [0.4, 0.5) is 5.69 Å². The van der Waals surface area contributed by atoms with Crippen molar-refractivity contribution in [2.75, 3.05) is 18.1 Å². The average molecular weight is 381 g/mol. The number of nitrogens with one attached hydrogen (secondary N) is 1. The summed E-state index contributed by atoms with van der Waals surface area (Å²) in [7, 11) is -3.31. The Bertz CT molecular complexity index is 723. The van der Waals surface area contributed by atoms with Gasteiger partial charge in [0.05, 0.1) is 6.26 Å². The van der Waals surface area contributed by atoms with Crippen molar-refractivity contribution in [3.63, 3.8) is 0 Å². The van der Waals surface area contributed by atoms with Crippen LogP contribution in [0.1, 0.15) is 69.4 Å². The monoisotopic (exact) mass is 380 g/mol. The van der Waals surface area contributed by atoms with E-state index in [9.17, 15) is 13.2 Å². The van der Waals surface area contributed by atoms with Gasteiger partial charge in [0.1, 0.15) is 0 Å². The lowest BCUT2D eigenvalue weighted by molar-refractivity contribution is -0.116. The summed E-state index contributed by atoms with van der Waals surface area (Å²) in [4.78, 5) is 12.5. The standard InChI is InChI=1S/C20H32N2O3S/c1-15(2)18-12-8-9-16(3)20(18)21-19(23)13-14-22(26(4,24)25)17-10-6-5-7-11-17/h8-9,12,15,17H,5-7,10-11,13-14H2,1-4H3,(H,21,23). The van der Waals surface area contributed by atoms with Crippen molar-refractivity contribution >= 4 is 21.6 Å². The first-order valence-electron chi connectivity index (χ1n) is 9.56. The summed E-state index contributed by atoms with van der Waals surface area (Å²) in [6.07, 6.45) is 6.49. The van der Waals surface area contributed by atoms with Gasteiger partial charge in [-0.25, -0.2) is 8.42 Å². The van der Waals surface area contributed by atoms with Gasteiger partial charge in [-0.1, -0.05) is 51.3 Å². The van der Waals surface area contributed by atoms with Crippen molar-refractivity contribution in [3.05, 3.63) is 29.3 Å². The van der Waals surface area contributed by atoms with E-state index in [2.05, 4.69) is 19.2 Å². The summed E-state index contributed by atoms with van der Waals surface area (Å²) in [6, 6.07) is 6.04. The number of carbonyl (C=O) groups excluding carboxylic acids is 1. The molecule has 1 aromatic rings. The summed E-state index contributed by atoms with van der Waals surface area (Å²) < 4.78 is 25.9. The first-order valence-corrected chi connectivity index (χ1v) is 11.4. The van der Waals surface area contributed by atoms with Crippen LogP contribution in [0.5, 0.6) is 0 Å². The van der Waals surface area contributed by atoms with E-state index in [1.165, 1.54) is 17.0 Å². The third-order valence-electron chi connectivity index (χ3n) is 5.16. The van der Waals surface area contributed by atoms with Gasteiger partial charge in [0, 0.05) is 24.7 Å². The molecule has 0 aliphatic heterocycles. The molecule has 0 spiro atoms. The predicted octanol–water partition coefficient (Wildman–Crippen LogP) is 4.04. The number of sulfonamides is 1. The minimum Gasteiger partial charge on any atom is -0.326 e. The maximum atomic E-state index is 12.5. The lowest BCUT2D eigenvalue weighted by Gasteiger charge is -2.32. The van der Waals surface area contributed by atoms with Gasteiger partial charge in [-0.3, -0.25) is 4.79 Å². The molecule has 0 heterocycles. The van der Waals surface area contributed by atoms with Crippen LogP contribution in [-0.4, -0.2) is 37.5 Å². The number of anilines is 1. The second-order valence-electron chi connectivity index (χ2n) is 7.66. The van der Waals surface area contributed by atoms with Gasteiger partial charge in [0.15, 0.2) is 0 Å². The fourth-order valence-corrected chi connectivity index (χ4v) is 4.92. The fraction of sp³-hybridized carbons (Fsp3) is 0.650. The van der Waals surface area contributed by atoms with Crippen molar-refractivity contribution in [2.45, 2.75) is 71.3 Å². The Morgan fingerprint density at radius 2 is 1.88 bits per heavy atom. The molecule has 1 N–H and O–H groups in total. The number of carbonyl (C=O) groups is 1. The van der Waals surface area contributed by atoms with Gasteiger partial charge in [0.25, 0.3) is 0 Å². The van der Waals surface area contributed by atoms with Crippen molar-refractivity contribution in [1.82, 2.24) is 4.31 Å². The zero-order valence-electron chi connectivity index (χ0n) is 16.4. The van der Waals surface area contributed by atoms with Crippen molar-refractivity contribution in [3.8, 4) is 0 Å². The SMILES string of the molecule is Cc1cccc(C(C)C)c1NC(=O)CCN(C1CCCCC1)S(C)(=O)=O. The first kappa shape index (κ1) is 20.9. The van der Waals surface area contributed by atoms with Crippen LogP contribution in [0, 0.1) is 6.92 Å². The van der Waals surface area contributed by atoms with Gasteiger partial charge < -0.3 is 5.32 Å².